The molecule has 1 saturated carbocycles. The molecule has 0 aliphatic heterocycles. The maximum Gasteiger partial charge on any atom is 0.296 e. The number of benzene rings is 2. The Morgan fingerprint density at radius 1 is 0.781 bits per heavy atom. The Bertz CT molecular complexity index is 1310. The molecular weight excluding hydrogens is 443 g/mol. The van der Waals surface area contributed by atoms with E-state index < -0.39 is 0 Å². The summed E-state index contributed by atoms with van der Waals surface area (Å²) in [6.45, 7) is 0. The third kappa shape index (κ3) is 4.03. The molecule has 2 aromatic carbocycles. The van der Waals surface area contributed by atoms with E-state index in [1.54, 1.807) is 6.20 Å². The molecule has 0 spiro atoms. The Kier molecular flexibility index (Phi) is 5.94. The lowest BCUT2D eigenvalue weighted by molar-refractivity contribution is 0.556. The number of rotatable bonds is 3. The summed E-state index contributed by atoms with van der Waals surface area (Å²) >= 11 is 12.2. The SMILES string of the molecule is O=c1c(C2CCCCCC2)nnc2c(-c3ccc(Cl)cc3)c(-c3ccc(Cl)cc3)cnn12. The van der Waals surface area contributed by atoms with E-state index in [-0.39, 0.29) is 11.5 Å². The highest BCUT2D eigenvalue weighted by Gasteiger charge is 2.23. The largest absolute Gasteiger partial charge is 0.296 e. The Morgan fingerprint density at radius 2 is 1.38 bits per heavy atom. The highest BCUT2D eigenvalue weighted by atomic mass is 35.5. The normalized spacial score (nSPS) is 15.1. The summed E-state index contributed by atoms with van der Waals surface area (Å²) < 4.78 is 1.40. The first-order valence-electron chi connectivity index (χ1n) is 10.9. The Hall–Kier alpha value is -2.76. The molecule has 1 aliphatic carbocycles. The molecule has 5 nitrogen and oxygen atoms in total. The Balaban J connectivity index is 1.73. The monoisotopic (exact) mass is 464 g/mol. The highest BCUT2D eigenvalue weighted by molar-refractivity contribution is 6.31. The van der Waals surface area contributed by atoms with Crippen molar-refractivity contribution in [2.75, 3.05) is 0 Å². The molecule has 0 amide bonds. The predicted molar refractivity (Wildman–Crippen MR) is 128 cm³/mol. The fourth-order valence-electron chi connectivity index (χ4n) is 4.51. The molecule has 0 N–H and O–H groups in total. The molecule has 2 aromatic heterocycles. The molecule has 1 fully saturated rings. The maximum absolute atomic E-state index is 13.4. The second kappa shape index (κ2) is 9.00. The second-order valence-electron chi connectivity index (χ2n) is 8.26. The van der Waals surface area contributed by atoms with Gasteiger partial charge in [-0.25, -0.2) is 0 Å². The van der Waals surface area contributed by atoms with Gasteiger partial charge in [0, 0.05) is 27.1 Å². The van der Waals surface area contributed by atoms with Crippen LogP contribution in [0.5, 0.6) is 0 Å². The van der Waals surface area contributed by atoms with Crippen LogP contribution in [-0.4, -0.2) is 19.8 Å². The minimum absolute atomic E-state index is 0.145. The van der Waals surface area contributed by atoms with Crippen LogP contribution >= 0.6 is 23.2 Å². The molecule has 0 unspecified atom stereocenters. The van der Waals surface area contributed by atoms with Crippen LogP contribution in [0.4, 0.5) is 0 Å². The molecule has 0 saturated heterocycles. The van der Waals surface area contributed by atoms with Crippen LogP contribution in [0.15, 0.2) is 59.5 Å². The van der Waals surface area contributed by atoms with Crippen LogP contribution in [0.3, 0.4) is 0 Å². The van der Waals surface area contributed by atoms with E-state index in [1.807, 2.05) is 48.5 Å². The first-order chi connectivity index (χ1) is 15.6. The summed E-state index contributed by atoms with van der Waals surface area (Å²) in [6.07, 6.45) is 8.33. The van der Waals surface area contributed by atoms with Crippen molar-refractivity contribution in [2.45, 2.75) is 44.4 Å². The molecule has 0 radical (unpaired) electrons. The average molecular weight is 465 g/mol. The van der Waals surface area contributed by atoms with Crippen molar-refractivity contribution >= 4 is 28.8 Å². The molecule has 32 heavy (non-hydrogen) atoms. The molecule has 5 rings (SSSR count). The van der Waals surface area contributed by atoms with Gasteiger partial charge >= 0.3 is 0 Å². The van der Waals surface area contributed by atoms with Crippen LogP contribution in [0.2, 0.25) is 10.0 Å². The molecule has 162 valence electrons. The van der Waals surface area contributed by atoms with E-state index in [0.717, 1.165) is 47.9 Å². The highest BCUT2D eigenvalue weighted by Crippen LogP contribution is 2.35. The van der Waals surface area contributed by atoms with Crippen molar-refractivity contribution in [3.63, 3.8) is 0 Å². The molecule has 7 heteroatoms. The van der Waals surface area contributed by atoms with Gasteiger partial charge in [0.05, 0.1) is 6.20 Å². The van der Waals surface area contributed by atoms with Crippen LogP contribution in [0.1, 0.15) is 50.1 Å². The summed E-state index contributed by atoms with van der Waals surface area (Å²) in [5.74, 6) is 0.145. The van der Waals surface area contributed by atoms with E-state index >= 15 is 0 Å². The van der Waals surface area contributed by atoms with Crippen LogP contribution < -0.4 is 5.56 Å². The topological polar surface area (TPSA) is 60.2 Å². The molecular formula is C25H22Cl2N4O. The first kappa shape index (κ1) is 21.1. The second-order valence-corrected chi connectivity index (χ2v) is 9.13. The third-order valence-electron chi connectivity index (χ3n) is 6.19. The lowest BCUT2D eigenvalue weighted by Gasteiger charge is -2.15. The van der Waals surface area contributed by atoms with Gasteiger partial charge in [0.25, 0.3) is 5.56 Å². The van der Waals surface area contributed by atoms with Crippen molar-refractivity contribution in [1.82, 2.24) is 19.8 Å². The smallest absolute Gasteiger partial charge is 0.265 e. The van der Waals surface area contributed by atoms with Crippen molar-refractivity contribution in [3.05, 3.63) is 80.8 Å². The molecule has 0 atom stereocenters. The zero-order valence-electron chi connectivity index (χ0n) is 17.5. The van der Waals surface area contributed by atoms with Gasteiger partial charge in [-0.15, -0.1) is 10.2 Å². The molecule has 1 aliphatic rings. The van der Waals surface area contributed by atoms with Gasteiger partial charge in [-0.2, -0.15) is 9.61 Å². The molecule has 0 bridgehead atoms. The van der Waals surface area contributed by atoms with E-state index in [4.69, 9.17) is 23.2 Å². The summed E-state index contributed by atoms with van der Waals surface area (Å²) in [4.78, 5) is 13.4. The van der Waals surface area contributed by atoms with Crippen LogP contribution in [-0.2, 0) is 0 Å². The van der Waals surface area contributed by atoms with E-state index in [1.165, 1.54) is 17.4 Å². The van der Waals surface area contributed by atoms with Gasteiger partial charge in [-0.1, -0.05) is 73.2 Å². The van der Waals surface area contributed by atoms with Gasteiger partial charge in [0.1, 0.15) is 5.69 Å². The maximum atomic E-state index is 13.4. The van der Waals surface area contributed by atoms with Crippen molar-refractivity contribution in [2.24, 2.45) is 0 Å². The van der Waals surface area contributed by atoms with Gasteiger partial charge in [-0.05, 0) is 48.2 Å². The van der Waals surface area contributed by atoms with E-state index in [0.29, 0.717) is 21.4 Å². The first-order valence-corrected chi connectivity index (χ1v) is 11.7. The Morgan fingerprint density at radius 3 is 2.00 bits per heavy atom. The number of halogens is 2. The fourth-order valence-corrected chi connectivity index (χ4v) is 4.77. The summed E-state index contributed by atoms with van der Waals surface area (Å²) in [7, 11) is 0. The average Bonchev–Trinajstić information content (AvgIpc) is 3.09. The molecule has 2 heterocycles. The standard InChI is InChI=1S/C25H22Cl2N4O/c26-19-11-7-16(8-12-19)21-15-28-31-24(22(21)17-9-13-20(27)14-10-17)30-29-23(25(31)32)18-5-3-1-2-4-6-18/h7-15,18H,1-6H2. The predicted octanol–water partition coefficient (Wildman–Crippen LogP) is 6.56. The number of aromatic nitrogens is 4. The lowest BCUT2D eigenvalue weighted by Crippen LogP contribution is -2.26. The number of nitrogens with zero attached hydrogens (tertiary/aromatic N) is 4. The van der Waals surface area contributed by atoms with Crippen molar-refractivity contribution < 1.29 is 0 Å². The van der Waals surface area contributed by atoms with Crippen LogP contribution in [0.25, 0.3) is 27.9 Å². The number of hydrogen-bond acceptors (Lipinski definition) is 4. The molecule has 4 aromatic rings. The van der Waals surface area contributed by atoms with Crippen molar-refractivity contribution in [1.29, 1.82) is 0 Å². The Labute approximate surface area is 196 Å². The minimum atomic E-state index is -0.181. The summed E-state index contributed by atoms with van der Waals surface area (Å²) in [5, 5.41) is 14.8. The number of hydrogen-bond donors (Lipinski definition) is 0. The van der Waals surface area contributed by atoms with Gasteiger partial charge < -0.3 is 0 Å². The lowest BCUT2D eigenvalue weighted by atomic mass is 9.96. The summed E-state index contributed by atoms with van der Waals surface area (Å²) in [5.41, 5.74) is 4.22. The van der Waals surface area contributed by atoms with Crippen LogP contribution in [0, 0.1) is 0 Å². The minimum Gasteiger partial charge on any atom is -0.265 e. The third-order valence-corrected chi connectivity index (χ3v) is 6.69. The zero-order chi connectivity index (χ0) is 22.1. The van der Waals surface area contributed by atoms with Gasteiger partial charge in [-0.3, -0.25) is 4.79 Å². The van der Waals surface area contributed by atoms with Crippen molar-refractivity contribution in [3.8, 4) is 22.3 Å². The van der Waals surface area contributed by atoms with Gasteiger partial charge in [0.2, 0.25) is 0 Å². The quantitative estimate of drug-likeness (QED) is 0.322. The van der Waals surface area contributed by atoms with Gasteiger partial charge in [0.15, 0.2) is 5.65 Å². The fraction of sp³-hybridized carbons (Fsp3) is 0.280. The summed E-state index contributed by atoms with van der Waals surface area (Å²) in [6, 6.07) is 15.0. The van der Waals surface area contributed by atoms with E-state index in [2.05, 4.69) is 15.3 Å². The van der Waals surface area contributed by atoms with E-state index in [9.17, 15) is 4.79 Å². The number of fused-ring (bicyclic) bond motifs is 1. The zero-order valence-corrected chi connectivity index (χ0v) is 19.0.